The van der Waals surface area contributed by atoms with Crippen LogP contribution in [0.15, 0.2) is 24.3 Å². The van der Waals surface area contributed by atoms with E-state index in [0.29, 0.717) is 19.3 Å². The number of aryl methyl sites for hydroxylation is 1. The summed E-state index contributed by atoms with van der Waals surface area (Å²) in [6, 6.07) is 9.82. The van der Waals surface area contributed by atoms with Gasteiger partial charge in [-0.15, -0.1) is 0 Å². The zero-order chi connectivity index (χ0) is 16.7. The van der Waals surface area contributed by atoms with Crippen molar-refractivity contribution in [2.45, 2.75) is 44.6 Å². The molecule has 0 aliphatic heterocycles. The summed E-state index contributed by atoms with van der Waals surface area (Å²) in [4.78, 5) is 0. The minimum Gasteiger partial charge on any atom is -0.395 e. The molecule has 0 radical (unpaired) electrons. The van der Waals surface area contributed by atoms with E-state index in [1.807, 2.05) is 24.3 Å². The molecule has 1 unspecified atom stereocenters. The molecule has 0 amide bonds. The van der Waals surface area contributed by atoms with Crippen LogP contribution in [0, 0.1) is 11.3 Å². The number of benzene rings is 1. The van der Waals surface area contributed by atoms with Gasteiger partial charge in [0.05, 0.1) is 24.5 Å². The molecule has 0 heterocycles. The lowest BCUT2D eigenvalue weighted by atomic mass is 9.88. The minimum atomic E-state index is -3.44. The second-order valence-electron chi connectivity index (χ2n) is 5.87. The van der Waals surface area contributed by atoms with Gasteiger partial charge in [0, 0.05) is 13.0 Å². The molecule has 126 valence electrons. The van der Waals surface area contributed by atoms with Crippen molar-refractivity contribution in [2.75, 3.05) is 18.9 Å². The smallest absolute Gasteiger partial charge is 0.214 e. The van der Waals surface area contributed by atoms with Gasteiger partial charge in [0.2, 0.25) is 10.0 Å². The lowest BCUT2D eigenvalue weighted by molar-refractivity contribution is 0.215. The summed E-state index contributed by atoms with van der Waals surface area (Å²) < 4.78 is 26.9. The lowest BCUT2D eigenvalue weighted by Gasteiger charge is -2.34. The van der Waals surface area contributed by atoms with Gasteiger partial charge < -0.3 is 5.11 Å². The highest BCUT2D eigenvalue weighted by Crippen LogP contribution is 2.35. The monoisotopic (exact) mass is 336 g/mol. The Bertz CT molecular complexity index is 652. The van der Waals surface area contributed by atoms with Gasteiger partial charge in [0.15, 0.2) is 0 Å². The maximum Gasteiger partial charge on any atom is 0.214 e. The number of aliphatic hydroxyl groups is 1. The van der Waals surface area contributed by atoms with Gasteiger partial charge in [0.25, 0.3) is 0 Å². The van der Waals surface area contributed by atoms with Crippen molar-refractivity contribution < 1.29 is 13.5 Å². The van der Waals surface area contributed by atoms with Crippen LogP contribution in [0.1, 0.15) is 49.3 Å². The van der Waals surface area contributed by atoms with E-state index >= 15 is 0 Å². The first-order valence-electron chi connectivity index (χ1n) is 8.15. The Balaban J connectivity index is 2.20. The Morgan fingerprint density at radius 1 is 1.30 bits per heavy atom. The first kappa shape index (κ1) is 17.9. The highest BCUT2D eigenvalue weighted by molar-refractivity contribution is 7.89. The van der Waals surface area contributed by atoms with E-state index in [0.717, 1.165) is 24.8 Å². The SMILES string of the molecule is N#CCCCCS(=O)(=O)N(CCO)C1CCCc2ccccc21. The summed E-state index contributed by atoms with van der Waals surface area (Å²) in [5.41, 5.74) is 2.26. The summed E-state index contributed by atoms with van der Waals surface area (Å²) in [5.74, 6) is 0.0351. The second kappa shape index (κ2) is 8.44. The Morgan fingerprint density at radius 3 is 2.83 bits per heavy atom. The molecule has 0 saturated carbocycles. The average Bonchev–Trinajstić information content (AvgIpc) is 2.56. The average molecular weight is 336 g/mol. The molecule has 0 spiro atoms. The zero-order valence-electron chi connectivity index (χ0n) is 13.3. The van der Waals surface area contributed by atoms with Crippen molar-refractivity contribution in [1.82, 2.24) is 4.31 Å². The Labute approximate surface area is 138 Å². The van der Waals surface area contributed by atoms with Gasteiger partial charge in [-0.05, 0) is 43.2 Å². The predicted octanol–water partition coefficient (Wildman–Crippen LogP) is 2.38. The van der Waals surface area contributed by atoms with Gasteiger partial charge in [-0.25, -0.2) is 8.42 Å². The fourth-order valence-electron chi connectivity index (χ4n) is 3.22. The molecule has 23 heavy (non-hydrogen) atoms. The van der Waals surface area contributed by atoms with Crippen LogP contribution in [-0.2, 0) is 16.4 Å². The quantitative estimate of drug-likeness (QED) is 0.739. The number of rotatable bonds is 8. The molecule has 1 aromatic carbocycles. The molecule has 0 saturated heterocycles. The molecule has 1 aliphatic rings. The number of hydrogen-bond acceptors (Lipinski definition) is 4. The third kappa shape index (κ3) is 4.54. The second-order valence-corrected chi connectivity index (χ2v) is 7.91. The number of unbranched alkanes of at least 4 members (excludes halogenated alkanes) is 2. The van der Waals surface area contributed by atoms with E-state index in [9.17, 15) is 13.5 Å². The molecule has 0 fully saturated rings. The number of hydrogen-bond donors (Lipinski definition) is 1. The first-order valence-corrected chi connectivity index (χ1v) is 9.76. The van der Waals surface area contributed by atoms with E-state index < -0.39 is 10.0 Å². The standard InChI is InChI=1S/C17H24N2O3S/c18-11-4-1-5-14-23(21,22)19(12-13-20)17-10-6-8-15-7-2-3-9-16(15)17/h2-3,7,9,17,20H,1,4-6,8,10,12-14H2. The molecule has 0 bridgehead atoms. The molecule has 5 nitrogen and oxygen atoms in total. The van der Waals surface area contributed by atoms with Crippen LogP contribution in [0.3, 0.4) is 0 Å². The van der Waals surface area contributed by atoms with Crippen LogP contribution in [0.4, 0.5) is 0 Å². The van der Waals surface area contributed by atoms with Crippen LogP contribution in [0.25, 0.3) is 0 Å². The molecular weight excluding hydrogens is 312 g/mol. The Morgan fingerprint density at radius 2 is 2.09 bits per heavy atom. The highest BCUT2D eigenvalue weighted by Gasteiger charge is 2.32. The molecule has 1 aliphatic carbocycles. The van der Waals surface area contributed by atoms with Crippen molar-refractivity contribution in [3.8, 4) is 6.07 Å². The van der Waals surface area contributed by atoms with Crippen molar-refractivity contribution in [2.24, 2.45) is 0 Å². The molecule has 1 aromatic rings. The molecule has 2 rings (SSSR count). The van der Waals surface area contributed by atoms with E-state index in [1.54, 1.807) is 0 Å². The normalized spacial score (nSPS) is 17.7. The topological polar surface area (TPSA) is 81.4 Å². The van der Waals surface area contributed by atoms with Crippen molar-refractivity contribution in [3.05, 3.63) is 35.4 Å². The predicted molar refractivity (Wildman–Crippen MR) is 89.2 cm³/mol. The number of nitrogens with zero attached hydrogens (tertiary/aromatic N) is 2. The molecule has 1 atom stereocenters. The van der Waals surface area contributed by atoms with Gasteiger partial charge in [-0.2, -0.15) is 9.57 Å². The molecular formula is C17H24N2O3S. The number of sulfonamides is 1. The fourth-order valence-corrected chi connectivity index (χ4v) is 4.99. The van der Waals surface area contributed by atoms with Crippen LogP contribution < -0.4 is 0 Å². The summed E-state index contributed by atoms with van der Waals surface area (Å²) >= 11 is 0. The van der Waals surface area contributed by atoms with Gasteiger partial charge in [-0.1, -0.05) is 24.3 Å². The highest BCUT2D eigenvalue weighted by atomic mass is 32.2. The lowest BCUT2D eigenvalue weighted by Crippen LogP contribution is -2.39. The summed E-state index contributed by atoms with van der Waals surface area (Å²) in [5, 5.41) is 17.9. The van der Waals surface area contributed by atoms with Gasteiger partial charge in [0.1, 0.15) is 0 Å². The Kier molecular flexibility index (Phi) is 6.58. The third-order valence-electron chi connectivity index (χ3n) is 4.30. The summed E-state index contributed by atoms with van der Waals surface area (Å²) in [6.45, 7) is -0.0598. The zero-order valence-corrected chi connectivity index (χ0v) is 14.1. The number of aliphatic hydroxyl groups excluding tert-OH is 1. The van der Waals surface area contributed by atoms with Gasteiger partial charge >= 0.3 is 0 Å². The van der Waals surface area contributed by atoms with Crippen LogP contribution in [0.2, 0.25) is 0 Å². The number of fused-ring (bicyclic) bond motifs is 1. The fraction of sp³-hybridized carbons (Fsp3) is 0.588. The van der Waals surface area contributed by atoms with Crippen LogP contribution >= 0.6 is 0 Å². The Hall–Kier alpha value is -1.42. The third-order valence-corrected chi connectivity index (χ3v) is 6.26. The maximum atomic E-state index is 12.7. The van der Waals surface area contributed by atoms with Crippen molar-refractivity contribution >= 4 is 10.0 Å². The van der Waals surface area contributed by atoms with E-state index in [2.05, 4.69) is 6.07 Å². The van der Waals surface area contributed by atoms with Crippen LogP contribution in [-0.4, -0.2) is 36.7 Å². The minimum absolute atomic E-state index is 0.0351. The van der Waals surface area contributed by atoms with E-state index in [4.69, 9.17) is 5.26 Å². The summed E-state index contributed by atoms with van der Waals surface area (Å²) in [6.07, 6.45) is 4.15. The molecule has 1 N–H and O–H groups in total. The summed E-state index contributed by atoms with van der Waals surface area (Å²) in [7, 11) is -3.44. The van der Waals surface area contributed by atoms with Crippen molar-refractivity contribution in [1.29, 1.82) is 5.26 Å². The van der Waals surface area contributed by atoms with Gasteiger partial charge in [-0.3, -0.25) is 0 Å². The largest absolute Gasteiger partial charge is 0.395 e. The first-order chi connectivity index (χ1) is 11.1. The molecule has 6 heteroatoms. The van der Waals surface area contributed by atoms with E-state index in [1.165, 1.54) is 9.87 Å². The number of nitriles is 1. The molecule has 0 aromatic heterocycles. The van der Waals surface area contributed by atoms with Crippen molar-refractivity contribution in [3.63, 3.8) is 0 Å². The maximum absolute atomic E-state index is 12.7. The van der Waals surface area contributed by atoms with Crippen LogP contribution in [0.5, 0.6) is 0 Å². The van der Waals surface area contributed by atoms with E-state index in [-0.39, 0.29) is 24.9 Å².